The number of esters is 2. The van der Waals surface area contributed by atoms with Gasteiger partial charge in [0.1, 0.15) is 46.0 Å². The number of hydrogen-bond donors (Lipinski definition) is 3. The lowest BCUT2D eigenvalue weighted by molar-refractivity contribution is -0.120. The first-order chi connectivity index (χ1) is 48.3. The van der Waals surface area contributed by atoms with Crippen LogP contribution >= 0.6 is 47.8 Å². The van der Waals surface area contributed by atoms with Crippen molar-refractivity contribution >= 4 is 89.0 Å². The molecule has 0 saturated carbocycles. The molecule has 2 unspecified atom stereocenters. The summed E-state index contributed by atoms with van der Waals surface area (Å²) in [6, 6.07) is 49.0. The Bertz CT molecular complexity index is 3770. The number of ketones is 1. The van der Waals surface area contributed by atoms with Gasteiger partial charge in [0.05, 0.1) is 33.4 Å². The molecule has 12 rings (SSSR count). The lowest BCUT2D eigenvalue weighted by atomic mass is 9.74. The number of para-hydroxylation sites is 1. The van der Waals surface area contributed by atoms with Crippen LogP contribution in [0.1, 0.15) is 189 Å². The van der Waals surface area contributed by atoms with Crippen LogP contribution in [0.4, 0.5) is 17.1 Å². The number of fused-ring (bicyclic) bond motifs is 12. The van der Waals surface area contributed by atoms with E-state index < -0.39 is 23.1 Å². The lowest BCUT2D eigenvalue weighted by Crippen LogP contribution is -2.36. The molecule has 4 aliphatic rings. The third-order valence-electron chi connectivity index (χ3n) is 17.7. The van der Waals surface area contributed by atoms with Gasteiger partial charge in [-0.05, 0) is 153 Å². The molecule has 526 valence electrons. The SMILES string of the molecule is CBr.CBr.CBr.CCCCN(CCCC)c1ccc(C(=O)c2ccccc2OC=O)c(O)c1.CCCCN(CCCC)c1ccc2c(c1)Oc1cc3c(cc1C21OC(=O)c2ccccc21)Oc1cc(N(CCCC)CCCC)ccc1C31OC(=O)c2ccccc21.Oc1ccc(O)cc1. The van der Waals surface area contributed by atoms with E-state index in [2.05, 4.69) is 140 Å². The molecule has 18 heteroatoms. The van der Waals surface area contributed by atoms with E-state index in [0.717, 1.165) is 156 Å². The topological polar surface area (TPSA) is 185 Å². The number of carbonyl (C=O) groups excluding carboxylic acids is 4. The summed E-state index contributed by atoms with van der Waals surface area (Å²) in [6.07, 6.45) is 13.0. The summed E-state index contributed by atoms with van der Waals surface area (Å²) >= 11 is 8.81. The molecule has 0 saturated heterocycles. The van der Waals surface area contributed by atoms with Gasteiger partial charge in [-0.3, -0.25) is 9.59 Å². The molecule has 8 aromatic rings. The molecule has 0 fully saturated rings. The summed E-state index contributed by atoms with van der Waals surface area (Å²) < 4.78 is 32.1. The minimum atomic E-state index is -1.30. The van der Waals surface area contributed by atoms with Crippen LogP contribution < -0.4 is 28.9 Å². The van der Waals surface area contributed by atoms with Crippen molar-refractivity contribution in [3.63, 3.8) is 0 Å². The smallest absolute Gasteiger partial charge is 0.340 e. The van der Waals surface area contributed by atoms with Crippen molar-refractivity contribution in [2.24, 2.45) is 0 Å². The summed E-state index contributed by atoms with van der Waals surface area (Å²) in [6.45, 7) is 19.0. The number of alkyl halides is 3. The van der Waals surface area contributed by atoms with Gasteiger partial charge in [0.25, 0.3) is 6.47 Å². The molecule has 0 bridgehead atoms. The Hall–Kier alpha value is -8.32. The highest BCUT2D eigenvalue weighted by molar-refractivity contribution is 9.09. The van der Waals surface area contributed by atoms with Crippen molar-refractivity contribution in [2.45, 2.75) is 130 Å². The summed E-state index contributed by atoms with van der Waals surface area (Å²) in [5.74, 6) is 6.96. The van der Waals surface area contributed by atoms with Crippen LogP contribution in [-0.2, 0) is 25.5 Å². The zero-order valence-electron chi connectivity index (χ0n) is 58.4. The van der Waals surface area contributed by atoms with Crippen molar-refractivity contribution in [2.75, 3.05) is 71.5 Å². The minimum Gasteiger partial charge on any atom is -0.508 e. The Balaban J connectivity index is 0.000000278. The Kier molecular flexibility index (Phi) is 30.2. The zero-order valence-corrected chi connectivity index (χ0v) is 63.1. The Morgan fingerprint density at radius 1 is 0.414 bits per heavy atom. The fourth-order valence-corrected chi connectivity index (χ4v) is 12.7. The van der Waals surface area contributed by atoms with Crippen LogP contribution in [0.2, 0.25) is 0 Å². The van der Waals surface area contributed by atoms with E-state index in [0.29, 0.717) is 45.3 Å². The maximum absolute atomic E-state index is 13.9. The summed E-state index contributed by atoms with van der Waals surface area (Å²) in [5, 5.41) is 27.8. The number of nitrogens with zero attached hydrogens (tertiary/aromatic N) is 3. The van der Waals surface area contributed by atoms with Crippen LogP contribution in [0.25, 0.3) is 0 Å². The van der Waals surface area contributed by atoms with Gasteiger partial charge in [0, 0.05) is 96.8 Å². The molecule has 0 aliphatic carbocycles. The number of halogens is 3. The number of unbranched alkanes of at least 4 members (excludes halogenated alkanes) is 6. The lowest BCUT2D eigenvalue weighted by Gasteiger charge is -2.41. The second-order valence-electron chi connectivity index (χ2n) is 24.0. The molecule has 4 aliphatic heterocycles. The molecule has 3 N–H and O–H groups in total. The molecule has 15 nitrogen and oxygen atoms in total. The molecule has 0 aromatic heterocycles. The van der Waals surface area contributed by atoms with E-state index in [1.165, 1.54) is 24.3 Å². The first-order valence-electron chi connectivity index (χ1n) is 34.2. The fourth-order valence-electron chi connectivity index (χ4n) is 12.7. The molecule has 0 amide bonds. The number of ether oxygens (including phenoxy) is 5. The van der Waals surface area contributed by atoms with Gasteiger partial charge in [0.2, 0.25) is 0 Å². The predicted molar refractivity (Wildman–Crippen MR) is 408 cm³/mol. The standard InChI is InChI=1S/C50H52N2O6.C22H27NO4.C6H6O2.3CH3Br/c1-5-9-25-51(26-10-6-2)33-21-23-39-43(29-33)55-45-31-42-46(32-41(45)49(39)37-19-15-13-17-35(37)47(53)57-49)56-44-30-34(52(27-11-7-3)28-12-8-4)22-24-40(44)50(42)38-20-16-14-18-36(38)48(54)58-50;1-3-5-13-23(14-6-4-2)17-11-12-18(20(25)15-17)22(26)19-9-7-8-10-21(19)27-16-24;7-5-1-2-6(8)4-3-5;3*1-2/h13-24,29-32H,5-12,25-28H2,1-4H3;7-12,15-16,25H,3-6,13-14H2,1-2H3;1-4,7-8H;3*1H3. The molecule has 8 aromatic carbocycles. The number of anilines is 3. The van der Waals surface area contributed by atoms with Gasteiger partial charge in [-0.15, -0.1) is 0 Å². The molecule has 0 radical (unpaired) electrons. The van der Waals surface area contributed by atoms with Crippen LogP contribution in [0.15, 0.2) is 164 Å². The second kappa shape index (κ2) is 38.3. The normalized spacial score (nSPS) is 14.8. The first-order valence-corrected chi connectivity index (χ1v) is 39.0. The quantitative estimate of drug-likeness (QED) is 0.0161. The van der Waals surface area contributed by atoms with Gasteiger partial charge >= 0.3 is 11.9 Å². The first kappa shape index (κ1) is 78.0. The molecule has 2 atom stereocenters. The largest absolute Gasteiger partial charge is 0.508 e. The predicted octanol–water partition coefficient (Wildman–Crippen LogP) is 20.3. The number of rotatable bonds is 25. The fraction of sp³-hybridized carbons (Fsp3) is 0.358. The number of benzene rings is 8. The van der Waals surface area contributed by atoms with Crippen LogP contribution in [0.3, 0.4) is 0 Å². The number of phenols is 3. The maximum Gasteiger partial charge on any atom is 0.340 e. The van der Waals surface area contributed by atoms with Crippen LogP contribution in [-0.4, -0.2) is 96.3 Å². The Morgan fingerprint density at radius 2 is 0.758 bits per heavy atom. The molecular formula is C81H94Br3N3O12. The van der Waals surface area contributed by atoms with Crippen molar-refractivity contribution in [3.05, 3.63) is 219 Å². The van der Waals surface area contributed by atoms with Crippen molar-refractivity contribution < 1.29 is 58.2 Å². The highest BCUT2D eigenvalue weighted by Gasteiger charge is 2.58. The molecular weight excluding hydrogens is 1450 g/mol. The maximum atomic E-state index is 13.9. The van der Waals surface area contributed by atoms with Gasteiger partial charge in [-0.1, -0.05) is 176 Å². The average Bonchev–Trinajstić information content (AvgIpc) is 1.63. The number of carbonyl (C=O) groups is 4. The van der Waals surface area contributed by atoms with E-state index in [1.807, 2.05) is 84.2 Å². The third-order valence-corrected chi connectivity index (χ3v) is 17.7. The summed E-state index contributed by atoms with van der Waals surface area (Å²) in [7, 11) is 0. The second-order valence-corrected chi connectivity index (χ2v) is 24.0. The van der Waals surface area contributed by atoms with Crippen molar-refractivity contribution in [1.82, 2.24) is 0 Å². The minimum absolute atomic E-state index is 0.0728. The number of hydrogen-bond acceptors (Lipinski definition) is 15. The van der Waals surface area contributed by atoms with Crippen molar-refractivity contribution in [1.29, 1.82) is 0 Å². The third kappa shape index (κ3) is 17.5. The Morgan fingerprint density at radius 3 is 1.13 bits per heavy atom. The van der Waals surface area contributed by atoms with Gasteiger partial charge in [0.15, 0.2) is 17.0 Å². The van der Waals surface area contributed by atoms with Gasteiger partial charge in [-0.2, -0.15) is 0 Å². The Labute approximate surface area is 609 Å². The molecule has 2 spiro atoms. The molecule has 99 heavy (non-hydrogen) atoms. The number of aromatic hydroxyl groups is 3. The van der Waals surface area contributed by atoms with E-state index in [4.69, 9.17) is 33.9 Å². The summed E-state index contributed by atoms with van der Waals surface area (Å²) in [4.78, 5) is 58.3. The van der Waals surface area contributed by atoms with E-state index >= 15 is 0 Å². The highest BCUT2D eigenvalue weighted by atomic mass is 79.9. The van der Waals surface area contributed by atoms with E-state index in [1.54, 1.807) is 36.4 Å². The van der Waals surface area contributed by atoms with Gasteiger partial charge in [-0.25, -0.2) is 9.59 Å². The highest BCUT2D eigenvalue weighted by Crippen LogP contribution is 2.62. The van der Waals surface area contributed by atoms with Crippen LogP contribution in [0.5, 0.6) is 46.0 Å². The monoisotopic (exact) mass is 1540 g/mol. The van der Waals surface area contributed by atoms with Crippen molar-refractivity contribution in [3.8, 4) is 46.0 Å². The summed E-state index contributed by atoms with van der Waals surface area (Å²) in [5.41, 5.74) is 6.18. The van der Waals surface area contributed by atoms with Gasteiger partial charge < -0.3 is 53.7 Å². The van der Waals surface area contributed by atoms with E-state index in [-0.39, 0.29) is 46.4 Å². The zero-order chi connectivity index (χ0) is 71.7. The average molecular weight is 1540 g/mol. The molecule has 4 heterocycles. The van der Waals surface area contributed by atoms with Crippen LogP contribution in [0, 0.1) is 0 Å². The number of phenolic OH excluding ortho intramolecular Hbond substituents is 3. The van der Waals surface area contributed by atoms with E-state index in [9.17, 15) is 24.3 Å².